The van der Waals surface area contributed by atoms with Gasteiger partial charge in [0, 0.05) is 6.42 Å². The Morgan fingerprint density at radius 2 is 1.87 bits per heavy atom. The summed E-state index contributed by atoms with van der Waals surface area (Å²) in [6, 6.07) is 9.22. The van der Waals surface area contributed by atoms with Gasteiger partial charge >= 0.3 is 5.97 Å². The maximum absolute atomic E-state index is 12.4. The van der Waals surface area contributed by atoms with E-state index in [1.54, 1.807) is 38.1 Å². The maximum atomic E-state index is 12.4. The number of hydrogen-bond donors (Lipinski definition) is 2. The summed E-state index contributed by atoms with van der Waals surface area (Å²) >= 11 is 0. The van der Waals surface area contributed by atoms with Crippen molar-refractivity contribution >= 4 is 16.0 Å². The Morgan fingerprint density at radius 3 is 2.39 bits per heavy atom. The predicted molar refractivity (Wildman–Crippen MR) is 84.6 cm³/mol. The molecule has 124 valence electrons. The van der Waals surface area contributed by atoms with Gasteiger partial charge in [0.25, 0.3) is 0 Å². The first-order valence-corrected chi connectivity index (χ1v) is 8.65. The van der Waals surface area contributed by atoms with Gasteiger partial charge in [-0.3, -0.25) is 4.79 Å². The Labute approximate surface area is 135 Å². The number of furan rings is 1. The predicted octanol–water partition coefficient (Wildman–Crippen LogP) is 2.64. The highest BCUT2D eigenvalue weighted by Gasteiger charge is 2.20. The molecule has 0 aliphatic carbocycles. The Bertz CT molecular complexity index is 777. The van der Waals surface area contributed by atoms with Crippen molar-refractivity contribution in [1.82, 2.24) is 4.72 Å². The van der Waals surface area contributed by atoms with Gasteiger partial charge in [-0.2, -0.15) is 0 Å². The summed E-state index contributed by atoms with van der Waals surface area (Å²) in [5.74, 6) is 0.379. The fourth-order valence-corrected chi connectivity index (χ4v) is 3.34. The van der Waals surface area contributed by atoms with Crippen LogP contribution in [0.1, 0.15) is 36.5 Å². The molecule has 0 aliphatic heterocycles. The van der Waals surface area contributed by atoms with E-state index in [0.717, 1.165) is 5.56 Å². The number of carboxylic acids is 1. The molecule has 0 aliphatic rings. The van der Waals surface area contributed by atoms with Crippen LogP contribution in [0.4, 0.5) is 0 Å². The van der Waals surface area contributed by atoms with Gasteiger partial charge in [0.2, 0.25) is 10.0 Å². The van der Waals surface area contributed by atoms with Gasteiger partial charge in [-0.25, -0.2) is 13.1 Å². The SMILES string of the molecule is Cc1ccc([C@@H](C)NS(=O)(=O)c2ccc(CCC(=O)O)cc2)o1. The van der Waals surface area contributed by atoms with Crippen LogP contribution in [0.2, 0.25) is 0 Å². The zero-order valence-electron chi connectivity index (χ0n) is 12.9. The molecule has 6 nitrogen and oxygen atoms in total. The topological polar surface area (TPSA) is 96.6 Å². The largest absolute Gasteiger partial charge is 0.481 e. The molecule has 2 rings (SSSR count). The number of aryl methyl sites for hydroxylation is 2. The standard InChI is InChI=1S/C16H19NO5S/c1-11-3-9-15(22-11)12(2)17-23(20,21)14-7-4-13(5-8-14)6-10-16(18)19/h3-5,7-9,12,17H,6,10H2,1-2H3,(H,18,19)/t12-/m1/s1. The van der Waals surface area contributed by atoms with Crippen LogP contribution in [0.25, 0.3) is 0 Å². The van der Waals surface area contributed by atoms with Crippen LogP contribution in [0.3, 0.4) is 0 Å². The lowest BCUT2D eigenvalue weighted by Gasteiger charge is -2.12. The van der Waals surface area contributed by atoms with E-state index in [1.165, 1.54) is 12.1 Å². The van der Waals surface area contributed by atoms with Crippen molar-refractivity contribution in [3.8, 4) is 0 Å². The molecule has 1 heterocycles. The minimum Gasteiger partial charge on any atom is -0.481 e. The van der Waals surface area contributed by atoms with E-state index in [9.17, 15) is 13.2 Å². The lowest BCUT2D eigenvalue weighted by atomic mass is 10.1. The molecule has 0 saturated heterocycles. The van der Waals surface area contributed by atoms with Gasteiger partial charge in [-0.1, -0.05) is 12.1 Å². The van der Waals surface area contributed by atoms with Gasteiger partial charge in [-0.15, -0.1) is 0 Å². The van der Waals surface area contributed by atoms with Gasteiger partial charge in [-0.05, 0) is 50.1 Å². The summed E-state index contributed by atoms with van der Waals surface area (Å²) in [7, 11) is -3.67. The molecule has 23 heavy (non-hydrogen) atoms. The van der Waals surface area contributed by atoms with E-state index in [2.05, 4.69) is 4.72 Å². The number of carboxylic acid groups (broad SMARTS) is 1. The Balaban J connectivity index is 2.08. The molecule has 7 heteroatoms. The molecule has 1 aromatic carbocycles. The van der Waals surface area contributed by atoms with Crippen molar-refractivity contribution in [2.75, 3.05) is 0 Å². The fraction of sp³-hybridized carbons (Fsp3) is 0.312. The molecular weight excluding hydrogens is 318 g/mol. The number of hydrogen-bond acceptors (Lipinski definition) is 4. The third-order valence-corrected chi connectivity index (χ3v) is 4.94. The average Bonchev–Trinajstić information content (AvgIpc) is 2.92. The molecule has 1 aromatic heterocycles. The average molecular weight is 337 g/mol. The van der Waals surface area contributed by atoms with E-state index in [-0.39, 0.29) is 11.3 Å². The van der Waals surface area contributed by atoms with Crippen molar-refractivity contribution in [2.24, 2.45) is 0 Å². The molecule has 2 N–H and O–H groups in total. The zero-order chi connectivity index (χ0) is 17.0. The summed E-state index contributed by atoms with van der Waals surface area (Å²) in [6.07, 6.45) is 0.379. The summed E-state index contributed by atoms with van der Waals surface area (Å²) < 4.78 is 32.7. The molecule has 2 aromatic rings. The minimum atomic E-state index is -3.67. The molecule has 0 radical (unpaired) electrons. The number of carbonyl (C=O) groups is 1. The normalized spacial score (nSPS) is 13.0. The highest BCUT2D eigenvalue weighted by molar-refractivity contribution is 7.89. The highest BCUT2D eigenvalue weighted by Crippen LogP contribution is 2.19. The molecule has 0 unspecified atom stereocenters. The quantitative estimate of drug-likeness (QED) is 0.809. The lowest BCUT2D eigenvalue weighted by molar-refractivity contribution is -0.136. The van der Waals surface area contributed by atoms with E-state index < -0.39 is 22.0 Å². The van der Waals surface area contributed by atoms with Gasteiger partial charge in [0.05, 0.1) is 10.9 Å². The Kier molecular flexibility index (Phi) is 5.23. The van der Waals surface area contributed by atoms with Crippen LogP contribution in [-0.2, 0) is 21.2 Å². The van der Waals surface area contributed by atoms with Crippen molar-refractivity contribution < 1.29 is 22.7 Å². The summed E-state index contributed by atoms with van der Waals surface area (Å²) in [6.45, 7) is 3.50. The van der Waals surface area contributed by atoms with Crippen LogP contribution in [-0.4, -0.2) is 19.5 Å². The van der Waals surface area contributed by atoms with Crippen LogP contribution >= 0.6 is 0 Å². The van der Waals surface area contributed by atoms with Crippen LogP contribution in [0.15, 0.2) is 45.7 Å². The zero-order valence-corrected chi connectivity index (χ0v) is 13.8. The lowest BCUT2D eigenvalue weighted by Crippen LogP contribution is -2.26. The third-order valence-electron chi connectivity index (χ3n) is 3.38. The van der Waals surface area contributed by atoms with Crippen LogP contribution in [0.5, 0.6) is 0 Å². The van der Waals surface area contributed by atoms with E-state index in [1.807, 2.05) is 0 Å². The molecule has 0 bridgehead atoms. The monoisotopic (exact) mass is 337 g/mol. The first-order chi connectivity index (χ1) is 10.8. The van der Waals surface area contributed by atoms with Crippen LogP contribution < -0.4 is 4.72 Å². The Hall–Kier alpha value is -2.12. The second kappa shape index (κ2) is 6.97. The molecule has 0 saturated carbocycles. The van der Waals surface area contributed by atoms with E-state index >= 15 is 0 Å². The van der Waals surface area contributed by atoms with Crippen LogP contribution in [0, 0.1) is 6.92 Å². The first kappa shape index (κ1) is 17.2. The fourth-order valence-electron chi connectivity index (χ4n) is 2.13. The van der Waals surface area contributed by atoms with Gasteiger partial charge in [0.15, 0.2) is 0 Å². The van der Waals surface area contributed by atoms with Crippen molar-refractivity contribution in [3.63, 3.8) is 0 Å². The number of nitrogens with one attached hydrogen (secondary N) is 1. The van der Waals surface area contributed by atoms with E-state index in [0.29, 0.717) is 17.9 Å². The number of rotatable bonds is 7. The molecule has 1 atom stereocenters. The summed E-state index contributed by atoms with van der Waals surface area (Å²) in [5, 5.41) is 8.65. The number of benzene rings is 1. The summed E-state index contributed by atoms with van der Waals surface area (Å²) in [5.41, 5.74) is 0.779. The molecular formula is C16H19NO5S. The number of sulfonamides is 1. The number of aliphatic carboxylic acids is 1. The van der Waals surface area contributed by atoms with Gasteiger partial charge in [0.1, 0.15) is 11.5 Å². The summed E-state index contributed by atoms with van der Waals surface area (Å²) in [4.78, 5) is 10.7. The third kappa shape index (κ3) is 4.67. The first-order valence-electron chi connectivity index (χ1n) is 7.17. The van der Waals surface area contributed by atoms with Crippen molar-refractivity contribution in [1.29, 1.82) is 0 Å². The molecule has 0 fully saturated rings. The second-order valence-electron chi connectivity index (χ2n) is 5.33. The van der Waals surface area contributed by atoms with Gasteiger partial charge < -0.3 is 9.52 Å². The van der Waals surface area contributed by atoms with E-state index in [4.69, 9.17) is 9.52 Å². The maximum Gasteiger partial charge on any atom is 0.303 e. The molecule has 0 amide bonds. The van der Waals surface area contributed by atoms with Crippen molar-refractivity contribution in [2.45, 2.75) is 37.6 Å². The van der Waals surface area contributed by atoms with Crippen molar-refractivity contribution in [3.05, 3.63) is 53.5 Å². The smallest absolute Gasteiger partial charge is 0.303 e. The second-order valence-corrected chi connectivity index (χ2v) is 7.04. The molecule has 0 spiro atoms. The minimum absolute atomic E-state index is 0.0131. The highest BCUT2D eigenvalue weighted by atomic mass is 32.2. The Morgan fingerprint density at radius 1 is 1.22 bits per heavy atom.